The standard InChI is InChI=1S/C35H37Cl2N3O5S/c1-5-32(34(42)38-35(2,3)4)39(23-25-16-17-26(36)22-31(25)37)33(41)24-40(46(43,44)30-14-10-7-11-15-30)27-18-20-29(21-19-27)45-28-12-8-6-9-13-28/h6-22,32H,5,23-24H2,1-4H3,(H,38,42)/t32-/m0/s1. The van der Waals surface area contributed by atoms with Crippen molar-refractivity contribution in [3.63, 3.8) is 0 Å². The number of nitrogens with one attached hydrogen (secondary N) is 1. The summed E-state index contributed by atoms with van der Waals surface area (Å²) in [7, 11) is -4.22. The lowest BCUT2D eigenvalue weighted by molar-refractivity contribution is -0.141. The predicted molar refractivity (Wildman–Crippen MR) is 183 cm³/mol. The first-order valence-corrected chi connectivity index (χ1v) is 16.9. The Morgan fingerprint density at radius 1 is 0.848 bits per heavy atom. The Hall–Kier alpha value is -4.05. The monoisotopic (exact) mass is 681 g/mol. The average Bonchev–Trinajstić information content (AvgIpc) is 3.01. The van der Waals surface area contributed by atoms with Gasteiger partial charge in [-0.1, -0.05) is 72.6 Å². The number of nitrogens with zero attached hydrogens (tertiary/aromatic N) is 2. The molecule has 11 heteroatoms. The van der Waals surface area contributed by atoms with Crippen LogP contribution in [-0.4, -0.2) is 43.3 Å². The number of rotatable bonds is 12. The Morgan fingerprint density at radius 3 is 2.00 bits per heavy atom. The summed E-state index contributed by atoms with van der Waals surface area (Å²) < 4.78 is 35.1. The van der Waals surface area contributed by atoms with Crippen LogP contribution < -0.4 is 14.4 Å². The van der Waals surface area contributed by atoms with Crippen molar-refractivity contribution < 1.29 is 22.7 Å². The van der Waals surface area contributed by atoms with Crippen LogP contribution in [0.15, 0.2) is 108 Å². The van der Waals surface area contributed by atoms with E-state index in [1.54, 1.807) is 79.7 Å². The van der Waals surface area contributed by atoms with Gasteiger partial charge in [0.1, 0.15) is 24.1 Å². The first-order valence-electron chi connectivity index (χ1n) is 14.7. The van der Waals surface area contributed by atoms with Gasteiger partial charge in [0.25, 0.3) is 10.0 Å². The summed E-state index contributed by atoms with van der Waals surface area (Å²) in [6, 6.07) is 27.5. The molecule has 2 amide bonds. The molecule has 1 N–H and O–H groups in total. The maximum absolute atomic E-state index is 14.3. The summed E-state index contributed by atoms with van der Waals surface area (Å²) in [5, 5.41) is 3.69. The highest BCUT2D eigenvalue weighted by molar-refractivity contribution is 7.92. The molecule has 0 aliphatic rings. The van der Waals surface area contributed by atoms with E-state index in [0.29, 0.717) is 27.1 Å². The molecule has 0 aliphatic heterocycles. The van der Waals surface area contributed by atoms with Gasteiger partial charge in [-0.05, 0) is 93.4 Å². The number of carbonyl (C=O) groups excluding carboxylic acids is 2. The van der Waals surface area contributed by atoms with Crippen LogP contribution in [0.1, 0.15) is 39.7 Å². The number of ether oxygens (including phenoxy) is 1. The fourth-order valence-corrected chi connectivity index (χ4v) is 6.66. The molecule has 0 aliphatic carbocycles. The topological polar surface area (TPSA) is 96.0 Å². The Kier molecular flexibility index (Phi) is 11.4. The molecule has 0 heterocycles. The van der Waals surface area contributed by atoms with E-state index in [4.69, 9.17) is 27.9 Å². The van der Waals surface area contributed by atoms with Gasteiger partial charge in [0.05, 0.1) is 10.6 Å². The summed E-state index contributed by atoms with van der Waals surface area (Å²) >= 11 is 12.6. The second kappa shape index (κ2) is 15.0. The zero-order valence-electron chi connectivity index (χ0n) is 26.1. The van der Waals surface area contributed by atoms with Crippen LogP contribution in [0.25, 0.3) is 0 Å². The van der Waals surface area contributed by atoms with Gasteiger partial charge in [-0.2, -0.15) is 0 Å². The summed E-state index contributed by atoms with van der Waals surface area (Å²) in [4.78, 5) is 29.2. The van der Waals surface area contributed by atoms with Gasteiger partial charge in [0.2, 0.25) is 11.8 Å². The molecule has 0 radical (unpaired) electrons. The number of sulfonamides is 1. The van der Waals surface area contributed by atoms with Crippen LogP contribution in [0.4, 0.5) is 5.69 Å². The first kappa shape index (κ1) is 34.8. The summed E-state index contributed by atoms with van der Waals surface area (Å²) in [5.74, 6) is 0.149. The van der Waals surface area contributed by atoms with E-state index in [9.17, 15) is 18.0 Å². The van der Waals surface area contributed by atoms with Crippen LogP contribution in [0.5, 0.6) is 11.5 Å². The third-order valence-electron chi connectivity index (χ3n) is 6.95. The Balaban J connectivity index is 1.74. The minimum absolute atomic E-state index is 0.0113. The van der Waals surface area contributed by atoms with Gasteiger partial charge in [-0.15, -0.1) is 0 Å². The van der Waals surface area contributed by atoms with E-state index in [-0.39, 0.29) is 29.5 Å². The lowest BCUT2D eigenvalue weighted by atomic mass is 10.1. The molecule has 0 bridgehead atoms. The third kappa shape index (κ3) is 9.02. The smallest absolute Gasteiger partial charge is 0.264 e. The fourth-order valence-electron chi connectivity index (χ4n) is 4.76. The van der Waals surface area contributed by atoms with Crippen molar-refractivity contribution >= 4 is 50.7 Å². The minimum atomic E-state index is -4.22. The average molecular weight is 683 g/mol. The Bertz CT molecular complexity index is 1750. The highest BCUT2D eigenvalue weighted by Gasteiger charge is 2.35. The normalized spacial score (nSPS) is 12.2. The molecule has 0 fully saturated rings. The van der Waals surface area contributed by atoms with Gasteiger partial charge in [-0.25, -0.2) is 8.42 Å². The molecular formula is C35H37Cl2N3O5S. The van der Waals surface area contributed by atoms with Crippen molar-refractivity contribution in [3.8, 4) is 11.5 Å². The van der Waals surface area contributed by atoms with Crippen molar-refractivity contribution in [2.75, 3.05) is 10.8 Å². The van der Waals surface area contributed by atoms with Crippen molar-refractivity contribution in [3.05, 3.63) is 119 Å². The molecule has 0 unspecified atom stereocenters. The number of hydrogen-bond acceptors (Lipinski definition) is 5. The number of carbonyl (C=O) groups is 2. The molecule has 4 rings (SSSR count). The second-order valence-corrected chi connectivity index (χ2v) is 14.4. The lowest BCUT2D eigenvalue weighted by Gasteiger charge is -2.35. The number of hydrogen-bond donors (Lipinski definition) is 1. The van der Waals surface area contributed by atoms with E-state index in [2.05, 4.69) is 5.32 Å². The van der Waals surface area contributed by atoms with Gasteiger partial charge >= 0.3 is 0 Å². The third-order valence-corrected chi connectivity index (χ3v) is 9.33. The lowest BCUT2D eigenvalue weighted by Crippen LogP contribution is -2.55. The largest absolute Gasteiger partial charge is 0.457 e. The molecule has 4 aromatic carbocycles. The van der Waals surface area contributed by atoms with Crippen LogP contribution in [0.2, 0.25) is 10.0 Å². The minimum Gasteiger partial charge on any atom is -0.457 e. The number of anilines is 1. The summed E-state index contributed by atoms with van der Waals surface area (Å²) in [6.07, 6.45) is 0.274. The molecule has 0 saturated carbocycles. The van der Waals surface area contributed by atoms with Crippen LogP contribution in [0, 0.1) is 0 Å². The molecule has 242 valence electrons. The number of para-hydroxylation sites is 1. The van der Waals surface area contributed by atoms with Crippen molar-refractivity contribution in [1.82, 2.24) is 10.2 Å². The van der Waals surface area contributed by atoms with Crippen molar-refractivity contribution in [2.45, 2.75) is 57.1 Å². The molecular weight excluding hydrogens is 645 g/mol. The molecule has 1 atom stereocenters. The van der Waals surface area contributed by atoms with Crippen molar-refractivity contribution in [1.29, 1.82) is 0 Å². The van der Waals surface area contributed by atoms with E-state index in [0.717, 1.165) is 4.31 Å². The first-order chi connectivity index (χ1) is 21.8. The molecule has 0 aromatic heterocycles. The molecule has 4 aromatic rings. The van der Waals surface area contributed by atoms with Crippen LogP contribution >= 0.6 is 23.2 Å². The van der Waals surface area contributed by atoms with E-state index in [1.807, 2.05) is 39.0 Å². The Morgan fingerprint density at radius 2 is 1.43 bits per heavy atom. The number of amides is 2. The zero-order valence-corrected chi connectivity index (χ0v) is 28.4. The van der Waals surface area contributed by atoms with Crippen LogP contribution in [-0.2, 0) is 26.2 Å². The van der Waals surface area contributed by atoms with E-state index >= 15 is 0 Å². The summed E-state index contributed by atoms with van der Waals surface area (Å²) in [5.41, 5.74) is 0.235. The quantitative estimate of drug-likeness (QED) is 0.165. The molecule has 0 saturated heterocycles. The highest BCUT2D eigenvalue weighted by Crippen LogP contribution is 2.29. The van der Waals surface area contributed by atoms with Gasteiger partial charge in [0.15, 0.2) is 0 Å². The zero-order chi connectivity index (χ0) is 33.5. The number of halogens is 2. The predicted octanol–water partition coefficient (Wildman–Crippen LogP) is 7.70. The van der Waals surface area contributed by atoms with Crippen LogP contribution in [0.3, 0.4) is 0 Å². The fraction of sp³-hybridized carbons (Fsp3) is 0.257. The maximum Gasteiger partial charge on any atom is 0.264 e. The molecule has 0 spiro atoms. The second-order valence-electron chi connectivity index (χ2n) is 11.7. The van der Waals surface area contributed by atoms with Gasteiger partial charge in [-0.3, -0.25) is 13.9 Å². The number of benzene rings is 4. The molecule has 46 heavy (non-hydrogen) atoms. The highest BCUT2D eigenvalue weighted by atomic mass is 35.5. The SMILES string of the molecule is CC[C@@H](C(=O)NC(C)(C)C)N(Cc1ccc(Cl)cc1Cl)C(=O)CN(c1ccc(Oc2ccccc2)cc1)S(=O)(=O)c1ccccc1. The van der Waals surface area contributed by atoms with E-state index in [1.165, 1.54) is 17.0 Å². The maximum atomic E-state index is 14.3. The van der Waals surface area contributed by atoms with Gasteiger partial charge < -0.3 is 15.0 Å². The summed E-state index contributed by atoms with van der Waals surface area (Å²) in [6.45, 7) is 6.70. The van der Waals surface area contributed by atoms with Gasteiger partial charge in [0, 0.05) is 22.1 Å². The Labute approximate surface area is 280 Å². The molecule has 8 nitrogen and oxygen atoms in total. The van der Waals surface area contributed by atoms with Crippen molar-refractivity contribution in [2.24, 2.45) is 0 Å². The van der Waals surface area contributed by atoms with E-state index < -0.39 is 34.1 Å².